The maximum absolute atomic E-state index is 11.9. The van der Waals surface area contributed by atoms with Crippen LogP contribution in [-0.4, -0.2) is 18.6 Å². The van der Waals surface area contributed by atoms with Gasteiger partial charge < -0.3 is 5.73 Å². The number of hydrogen-bond donors (Lipinski definition) is 1. The zero-order valence-corrected chi connectivity index (χ0v) is 11.1. The third-order valence-corrected chi connectivity index (χ3v) is 6.20. The molecule has 1 aromatic carbocycles. The molecular formula is C9H9N3O2S3. The first kappa shape index (κ1) is 12.3. The lowest BCUT2D eigenvalue weighted by Crippen LogP contribution is -1.95. The van der Waals surface area contributed by atoms with Crippen LogP contribution in [0.3, 0.4) is 0 Å². The zero-order valence-electron chi connectivity index (χ0n) is 8.61. The molecule has 8 heteroatoms. The predicted octanol–water partition coefficient (Wildman–Crippen LogP) is 1.74. The average Bonchev–Trinajstić information content (AvgIpc) is 2.74. The first-order chi connectivity index (χ1) is 8.08. The van der Waals surface area contributed by atoms with E-state index in [0.717, 1.165) is 10.8 Å². The Morgan fingerprint density at radius 1 is 1.24 bits per heavy atom. The van der Waals surface area contributed by atoms with E-state index in [1.165, 1.54) is 11.3 Å². The minimum Gasteiger partial charge on any atom is -0.374 e. The molecule has 0 radical (unpaired) electrons. The Balaban J connectivity index is 2.09. The Labute approximate surface area is 106 Å². The molecule has 5 nitrogen and oxygen atoms in total. The summed E-state index contributed by atoms with van der Waals surface area (Å²) in [7, 11) is -2.51. The average molecular weight is 287 g/mol. The second-order valence-electron chi connectivity index (χ2n) is 3.06. The summed E-state index contributed by atoms with van der Waals surface area (Å²) in [5.74, 6) is 0.256. The quantitative estimate of drug-likeness (QED) is 0.862. The number of anilines is 1. The Morgan fingerprint density at radius 2 is 1.94 bits per heavy atom. The highest BCUT2D eigenvalue weighted by atomic mass is 33.1. The van der Waals surface area contributed by atoms with Gasteiger partial charge in [-0.25, -0.2) is 8.42 Å². The van der Waals surface area contributed by atoms with Crippen molar-refractivity contribution in [3.63, 3.8) is 0 Å². The van der Waals surface area contributed by atoms with Crippen LogP contribution in [0.25, 0.3) is 0 Å². The molecular weight excluding hydrogens is 278 g/mol. The van der Waals surface area contributed by atoms with Crippen molar-refractivity contribution in [3.8, 4) is 0 Å². The van der Waals surface area contributed by atoms with Crippen LogP contribution in [0.5, 0.6) is 0 Å². The number of benzene rings is 1. The van der Waals surface area contributed by atoms with Crippen molar-refractivity contribution < 1.29 is 8.42 Å². The Morgan fingerprint density at radius 3 is 2.53 bits per heavy atom. The molecule has 17 heavy (non-hydrogen) atoms. The molecule has 0 aliphatic rings. The number of rotatable bonds is 4. The van der Waals surface area contributed by atoms with Crippen LogP contribution in [0.4, 0.5) is 5.13 Å². The van der Waals surface area contributed by atoms with Gasteiger partial charge >= 0.3 is 0 Å². The molecule has 0 aliphatic carbocycles. The summed E-state index contributed by atoms with van der Waals surface area (Å²) >= 11 is 1.19. The lowest BCUT2D eigenvalue weighted by Gasteiger charge is -2.01. The molecule has 2 N–H and O–H groups in total. The molecule has 0 fully saturated rings. The van der Waals surface area contributed by atoms with E-state index in [2.05, 4.69) is 10.2 Å². The largest absolute Gasteiger partial charge is 0.374 e. The SMILES string of the molecule is Nc1nnc(CSS(=O)(=O)c2ccccc2)s1. The van der Waals surface area contributed by atoms with Gasteiger partial charge in [-0.2, -0.15) is 0 Å². The van der Waals surface area contributed by atoms with E-state index in [0.29, 0.717) is 15.0 Å². The van der Waals surface area contributed by atoms with Crippen molar-refractivity contribution >= 4 is 36.1 Å². The van der Waals surface area contributed by atoms with Crippen LogP contribution in [0, 0.1) is 0 Å². The minimum absolute atomic E-state index is 0.256. The summed E-state index contributed by atoms with van der Waals surface area (Å²) in [6, 6.07) is 8.29. The summed E-state index contributed by atoms with van der Waals surface area (Å²) in [5.41, 5.74) is 5.42. The molecule has 2 rings (SSSR count). The maximum Gasteiger partial charge on any atom is 0.230 e. The van der Waals surface area contributed by atoms with Gasteiger partial charge in [0.2, 0.25) is 14.0 Å². The van der Waals surface area contributed by atoms with Gasteiger partial charge in [-0.05, 0) is 22.9 Å². The molecule has 1 heterocycles. The molecule has 0 bridgehead atoms. The van der Waals surface area contributed by atoms with Gasteiger partial charge in [0.15, 0.2) is 0 Å². The molecule has 2 aromatic rings. The molecule has 0 unspecified atom stereocenters. The van der Waals surface area contributed by atoms with Crippen LogP contribution in [0.1, 0.15) is 5.01 Å². The standard InChI is InChI=1S/C9H9N3O2S3/c10-9-12-11-8(16-9)6-15-17(13,14)7-4-2-1-3-5-7/h1-5H,6H2,(H2,10,12). The fraction of sp³-hybridized carbons (Fsp3) is 0.111. The van der Waals surface area contributed by atoms with E-state index in [9.17, 15) is 8.42 Å². The van der Waals surface area contributed by atoms with Crippen molar-refractivity contribution in [1.29, 1.82) is 0 Å². The van der Waals surface area contributed by atoms with Gasteiger partial charge in [0, 0.05) is 0 Å². The normalized spacial score (nSPS) is 11.5. The van der Waals surface area contributed by atoms with Crippen LogP contribution < -0.4 is 5.73 Å². The molecule has 0 spiro atoms. The predicted molar refractivity (Wildman–Crippen MR) is 69.2 cm³/mol. The number of nitrogen functional groups attached to an aromatic ring is 1. The van der Waals surface area contributed by atoms with Crippen LogP contribution in [0.15, 0.2) is 35.2 Å². The van der Waals surface area contributed by atoms with Crippen molar-refractivity contribution in [1.82, 2.24) is 10.2 Å². The first-order valence-electron chi connectivity index (χ1n) is 4.60. The number of nitrogens with zero attached hydrogens (tertiary/aromatic N) is 2. The second kappa shape index (κ2) is 5.03. The van der Waals surface area contributed by atoms with E-state index < -0.39 is 8.87 Å². The van der Waals surface area contributed by atoms with Gasteiger partial charge in [0.05, 0.1) is 10.6 Å². The topological polar surface area (TPSA) is 85.9 Å². The van der Waals surface area contributed by atoms with Gasteiger partial charge in [-0.3, -0.25) is 0 Å². The molecule has 0 saturated carbocycles. The van der Waals surface area contributed by atoms with E-state index in [4.69, 9.17) is 5.73 Å². The summed E-state index contributed by atoms with van der Waals surface area (Å²) in [4.78, 5) is 0.294. The molecule has 90 valence electrons. The zero-order chi connectivity index (χ0) is 12.3. The van der Waals surface area contributed by atoms with E-state index in [1.807, 2.05) is 0 Å². The monoisotopic (exact) mass is 287 g/mol. The highest BCUT2D eigenvalue weighted by Crippen LogP contribution is 2.27. The Kier molecular flexibility index (Phi) is 3.65. The lowest BCUT2D eigenvalue weighted by atomic mass is 10.4. The van der Waals surface area contributed by atoms with Crippen LogP contribution in [-0.2, 0) is 14.6 Å². The maximum atomic E-state index is 11.9. The first-order valence-corrected chi connectivity index (χ1v) is 8.40. The third kappa shape index (κ3) is 3.18. The molecule has 0 amide bonds. The van der Waals surface area contributed by atoms with Gasteiger partial charge in [0.25, 0.3) is 0 Å². The highest BCUT2D eigenvalue weighted by Gasteiger charge is 2.16. The smallest absolute Gasteiger partial charge is 0.230 e. The third-order valence-electron chi connectivity index (χ3n) is 1.85. The number of aromatic nitrogens is 2. The highest BCUT2D eigenvalue weighted by molar-refractivity contribution is 8.71. The van der Waals surface area contributed by atoms with Gasteiger partial charge in [-0.15, -0.1) is 10.2 Å². The summed E-state index contributed by atoms with van der Waals surface area (Å²) < 4.78 is 23.8. The molecule has 0 atom stereocenters. The van der Waals surface area contributed by atoms with Crippen LogP contribution in [0.2, 0.25) is 0 Å². The Hall–Kier alpha value is -1.12. The lowest BCUT2D eigenvalue weighted by molar-refractivity contribution is 0.610. The molecule has 0 aliphatic heterocycles. The van der Waals surface area contributed by atoms with E-state index >= 15 is 0 Å². The van der Waals surface area contributed by atoms with Crippen molar-refractivity contribution in [3.05, 3.63) is 35.3 Å². The fourth-order valence-corrected chi connectivity index (χ4v) is 4.63. The summed E-state index contributed by atoms with van der Waals surface area (Å²) in [5, 5.41) is 8.35. The van der Waals surface area contributed by atoms with Crippen molar-refractivity contribution in [2.75, 3.05) is 5.73 Å². The summed E-state index contributed by atoms with van der Waals surface area (Å²) in [6.07, 6.45) is 0. The van der Waals surface area contributed by atoms with E-state index in [1.54, 1.807) is 30.3 Å². The summed E-state index contributed by atoms with van der Waals surface area (Å²) in [6.45, 7) is 0. The fourth-order valence-electron chi connectivity index (χ4n) is 1.11. The molecule has 1 aromatic heterocycles. The number of hydrogen-bond acceptors (Lipinski definition) is 7. The van der Waals surface area contributed by atoms with Crippen molar-refractivity contribution in [2.45, 2.75) is 10.6 Å². The van der Waals surface area contributed by atoms with Crippen molar-refractivity contribution in [2.24, 2.45) is 0 Å². The minimum atomic E-state index is -3.33. The second-order valence-corrected chi connectivity index (χ2v) is 8.08. The van der Waals surface area contributed by atoms with Gasteiger partial charge in [0.1, 0.15) is 5.01 Å². The molecule has 0 saturated heterocycles. The number of nitrogens with two attached hydrogens (primary N) is 1. The van der Waals surface area contributed by atoms with Gasteiger partial charge in [-0.1, -0.05) is 29.5 Å². The van der Waals surface area contributed by atoms with Crippen LogP contribution >= 0.6 is 22.1 Å². The Bertz CT molecular complexity index is 595. The van der Waals surface area contributed by atoms with E-state index in [-0.39, 0.29) is 5.75 Å².